The summed E-state index contributed by atoms with van der Waals surface area (Å²) >= 11 is 0. The zero-order valence-electron chi connectivity index (χ0n) is 15.7. The topological polar surface area (TPSA) is 67.5 Å². The van der Waals surface area contributed by atoms with Crippen molar-refractivity contribution < 1.29 is 14.3 Å². The summed E-state index contributed by atoms with van der Waals surface area (Å²) in [7, 11) is 0. The molecule has 1 N–H and O–H groups in total. The Hall–Kier alpha value is -3.80. The zero-order valence-corrected chi connectivity index (χ0v) is 15.7. The average Bonchev–Trinajstić information content (AvgIpc) is 3.39. The van der Waals surface area contributed by atoms with Crippen LogP contribution >= 0.6 is 0 Å². The second-order valence-corrected chi connectivity index (χ2v) is 6.91. The summed E-state index contributed by atoms with van der Waals surface area (Å²) in [6.45, 7) is 0.624. The van der Waals surface area contributed by atoms with E-state index in [0.717, 1.165) is 27.7 Å². The number of fused-ring (bicyclic) bond motifs is 2. The van der Waals surface area contributed by atoms with E-state index in [1.165, 1.54) is 0 Å². The number of H-pyrrole nitrogens is 1. The molecular formula is C23H19N3O3. The van der Waals surface area contributed by atoms with Crippen molar-refractivity contribution >= 4 is 22.5 Å². The van der Waals surface area contributed by atoms with E-state index < -0.39 is 0 Å². The Kier molecular flexibility index (Phi) is 4.37. The SMILES string of the molecule is O=C(Cc1c[nH]c2ccccc12)N(Cc1cccnc1)c1ccc2c(c1)OCO2. The molecule has 144 valence electrons. The number of ether oxygens (including phenoxy) is 2. The summed E-state index contributed by atoms with van der Waals surface area (Å²) < 4.78 is 10.9. The van der Waals surface area contributed by atoms with E-state index >= 15 is 0 Å². The standard InChI is InChI=1S/C23H19N3O3/c27-23(10-17-13-25-20-6-2-1-5-19(17)20)26(14-16-4-3-9-24-12-16)18-7-8-21-22(11-18)29-15-28-21/h1-9,11-13,25H,10,14-15H2. The number of rotatable bonds is 5. The van der Waals surface area contributed by atoms with E-state index in [1.54, 1.807) is 17.3 Å². The molecule has 0 spiro atoms. The highest BCUT2D eigenvalue weighted by atomic mass is 16.7. The van der Waals surface area contributed by atoms with Crippen LogP contribution in [0.25, 0.3) is 10.9 Å². The van der Waals surface area contributed by atoms with Gasteiger partial charge in [0.25, 0.3) is 0 Å². The number of hydrogen-bond acceptors (Lipinski definition) is 4. The molecule has 0 atom stereocenters. The van der Waals surface area contributed by atoms with Crippen LogP contribution in [-0.2, 0) is 17.8 Å². The van der Waals surface area contributed by atoms with Gasteiger partial charge in [0.1, 0.15) is 0 Å². The summed E-state index contributed by atoms with van der Waals surface area (Å²) in [4.78, 5) is 22.6. The smallest absolute Gasteiger partial charge is 0.231 e. The molecule has 4 aromatic rings. The quantitative estimate of drug-likeness (QED) is 0.562. The van der Waals surface area contributed by atoms with Crippen molar-refractivity contribution in [2.24, 2.45) is 0 Å². The lowest BCUT2D eigenvalue weighted by Gasteiger charge is -2.23. The summed E-state index contributed by atoms with van der Waals surface area (Å²) in [5, 5.41) is 1.06. The first kappa shape index (κ1) is 17.3. The monoisotopic (exact) mass is 385 g/mol. The van der Waals surface area contributed by atoms with Crippen LogP contribution in [0.5, 0.6) is 11.5 Å². The minimum absolute atomic E-state index is 0.00234. The summed E-state index contributed by atoms with van der Waals surface area (Å²) in [6.07, 6.45) is 5.70. The molecule has 0 aliphatic carbocycles. The van der Waals surface area contributed by atoms with Crippen molar-refractivity contribution in [3.8, 4) is 11.5 Å². The zero-order chi connectivity index (χ0) is 19.6. The summed E-state index contributed by atoms with van der Waals surface area (Å²) in [5.74, 6) is 1.34. The lowest BCUT2D eigenvalue weighted by Crippen LogP contribution is -2.31. The maximum absolute atomic E-state index is 13.4. The van der Waals surface area contributed by atoms with Gasteiger partial charge in [-0.1, -0.05) is 24.3 Å². The molecule has 5 rings (SSSR count). The number of aromatic nitrogens is 2. The lowest BCUT2D eigenvalue weighted by atomic mass is 10.1. The third-order valence-corrected chi connectivity index (χ3v) is 5.05. The molecule has 1 amide bonds. The highest BCUT2D eigenvalue weighted by molar-refractivity contribution is 5.97. The minimum atomic E-state index is -0.00234. The number of benzene rings is 2. The number of nitrogens with one attached hydrogen (secondary N) is 1. The Balaban J connectivity index is 1.48. The number of hydrogen-bond donors (Lipinski definition) is 1. The molecule has 2 aromatic carbocycles. The highest BCUT2D eigenvalue weighted by Gasteiger charge is 2.22. The highest BCUT2D eigenvalue weighted by Crippen LogP contribution is 2.36. The number of pyridine rings is 1. The Bertz CT molecular complexity index is 1170. The average molecular weight is 385 g/mol. The number of carbonyl (C=O) groups is 1. The minimum Gasteiger partial charge on any atom is -0.454 e. The van der Waals surface area contributed by atoms with Gasteiger partial charge in [0.05, 0.1) is 13.0 Å². The van der Waals surface area contributed by atoms with Crippen molar-refractivity contribution in [1.29, 1.82) is 0 Å². The second kappa shape index (κ2) is 7.31. The molecular weight excluding hydrogens is 366 g/mol. The molecule has 1 aliphatic rings. The van der Waals surface area contributed by atoms with Crippen LogP contribution in [0.1, 0.15) is 11.1 Å². The third-order valence-electron chi connectivity index (χ3n) is 5.05. The predicted molar refractivity (Wildman–Crippen MR) is 110 cm³/mol. The van der Waals surface area contributed by atoms with Crippen LogP contribution in [0.4, 0.5) is 5.69 Å². The molecule has 0 radical (unpaired) electrons. The first-order valence-corrected chi connectivity index (χ1v) is 9.42. The van der Waals surface area contributed by atoms with Crippen LogP contribution in [0.3, 0.4) is 0 Å². The van der Waals surface area contributed by atoms with Crippen LogP contribution < -0.4 is 14.4 Å². The third kappa shape index (κ3) is 3.40. The van der Waals surface area contributed by atoms with Crippen molar-refractivity contribution in [2.75, 3.05) is 11.7 Å². The van der Waals surface area contributed by atoms with Crippen LogP contribution in [0.15, 0.2) is 73.2 Å². The fraction of sp³-hybridized carbons (Fsp3) is 0.130. The van der Waals surface area contributed by atoms with Crippen LogP contribution in [-0.4, -0.2) is 22.7 Å². The molecule has 6 heteroatoms. The molecule has 0 saturated heterocycles. The van der Waals surface area contributed by atoms with E-state index in [2.05, 4.69) is 9.97 Å². The fourth-order valence-electron chi connectivity index (χ4n) is 3.59. The molecule has 0 bridgehead atoms. The summed E-state index contributed by atoms with van der Waals surface area (Å²) in [6, 6.07) is 17.4. The van der Waals surface area contributed by atoms with E-state index in [9.17, 15) is 4.79 Å². The van der Waals surface area contributed by atoms with Gasteiger partial charge in [-0.3, -0.25) is 9.78 Å². The molecule has 0 saturated carbocycles. The number of nitrogens with zero attached hydrogens (tertiary/aromatic N) is 2. The molecule has 0 unspecified atom stereocenters. The van der Waals surface area contributed by atoms with Crippen molar-refractivity contribution in [3.05, 3.63) is 84.3 Å². The molecule has 6 nitrogen and oxygen atoms in total. The van der Waals surface area contributed by atoms with E-state index in [0.29, 0.717) is 24.5 Å². The maximum atomic E-state index is 13.4. The largest absolute Gasteiger partial charge is 0.454 e. The number of para-hydroxylation sites is 1. The van der Waals surface area contributed by atoms with Crippen LogP contribution in [0.2, 0.25) is 0 Å². The lowest BCUT2D eigenvalue weighted by molar-refractivity contribution is -0.118. The molecule has 1 aliphatic heterocycles. The molecule has 0 fully saturated rings. The van der Waals surface area contributed by atoms with Gasteiger partial charge < -0.3 is 19.4 Å². The van der Waals surface area contributed by atoms with Crippen molar-refractivity contribution in [3.63, 3.8) is 0 Å². The number of carbonyl (C=O) groups excluding carboxylic acids is 1. The summed E-state index contributed by atoms with van der Waals surface area (Å²) in [5.41, 5.74) is 3.72. The fourth-order valence-corrected chi connectivity index (χ4v) is 3.59. The van der Waals surface area contributed by atoms with Gasteiger partial charge in [-0.2, -0.15) is 0 Å². The number of amides is 1. The first-order valence-electron chi connectivity index (χ1n) is 9.42. The van der Waals surface area contributed by atoms with Gasteiger partial charge in [-0.05, 0) is 35.4 Å². The Morgan fingerprint density at radius 1 is 1.07 bits per heavy atom. The van der Waals surface area contributed by atoms with Crippen molar-refractivity contribution in [2.45, 2.75) is 13.0 Å². The van der Waals surface area contributed by atoms with Gasteiger partial charge in [-0.15, -0.1) is 0 Å². The van der Waals surface area contributed by atoms with E-state index in [1.807, 2.05) is 60.8 Å². The van der Waals surface area contributed by atoms with Crippen molar-refractivity contribution in [1.82, 2.24) is 9.97 Å². The Morgan fingerprint density at radius 2 is 1.97 bits per heavy atom. The number of aromatic amines is 1. The van der Waals surface area contributed by atoms with Gasteiger partial charge in [0.15, 0.2) is 11.5 Å². The molecule has 3 heterocycles. The Morgan fingerprint density at radius 3 is 2.86 bits per heavy atom. The second-order valence-electron chi connectivity index (χ2n) is 6.91. The van der Waals surface area contributed by atoms with Gasteiger partial charge >= 0.3 is 0 Å². The van der Waals surface area contributed by atoms with Gasteiger partial charge in [0.2, 0.25) is 12.7 Å². The maximum Gasteiger partial charge on any atom is 0.231 e. The van der Waals surface area contributed by atoms with E-state index in [-0.39, 0.29) is 12.7 Å². The van der Waals surface area contributed by atoms with E-state index in [4.69, 9.17) is 9.47 Å². The Labute approximate surface area is 167 Å². The molecule has 29 heavy (non-hydrogen) atoms. The van der Waals surface area contributed by atoms with Gasteiger partial charge in [-0.25, -0.2) is 0 Å². The number of anilines is 1. The van der Waals surface area contributed by atoms with Gasteiger partial charge in [0, 0.05) is 41.2 Å². The normalized spacial score (nSPS) is 12.3. The first-order chi connectivity index (χ1) is 14.3. The molecule has 2 aromatic heterocycles. The predicted octanol–water partition coefficient (Wildman–Crippen LogP) is 4.07. The van der Waals surface area contributed by atoms with Crippen LogP contribution in [0, 0.1) is 0 Å².